The molecule has 0 aromatic rings. The standard InChI is InChI=1S/C9H12O3/c1-4-5-7(10)8-6-11-9(2,3)12-8/h1,8H,5-6H2,2-3H3/t8-/m0/s1. The summed E-state index contributed by atoms with van der Waals surface area (Å²) in [7, 11) is 0. The highest BCUT2D eigenvalue weighted by molar-refractivity contribution is 5.85. The Morgan fingerprint density at radius 1 is 1.75 bits per heavy atom. The average molecular weight is 168 g/mol. The average Bonchev–Trinajstić information content (AvgIpc) is 2.31. The second-order valence-electron chi connectivity index (χ2n) is 3.16. The van der Waals surface area contributed by atoms with Gasteiger partial charge in [0.2, 0.25) is 0 Å². The SMILES string of the molecule is C#CCC(=O)[C@@H]1COC(C)(C)O1. The minimum Gasteiger partial charge on any atom is -0.347 e. The van der Waals surface area contributed by atoms with Crippen LogP contribution in [-0.2, 0) is 14.3 Å². The fraction of sp³-hybridized carbons (Fsp3) is 0.667. The molecular weight excluding hydrogens is 156 g/mol. The second-order valence-corrected chi connectivity index (χ2v) is 3.16. The molecule has 0 aromatic heterocycles. The van der Waals surface area contributed by atoms with Crippen molar-refractivity contribution in [3.63, 3.8) is 0 Å². The number of ether oxygens (including phenoxy) is 2. The van der Waals surface area contributed by atoms with E-state index in [4.69, 9.17) is 15.9 Å². The van der Waals surface area contributed by atoms with Crippen LogP contribution in [0.15, 0.2) is 0 Å². The van der Waals surface area contributed by atoms with Gasteiger partial charge in [-0.15, -0.1) is 6.42 Å². The van der Waals surface area contributed by atoms with Gasteiger partial charge >= 0.3 is 0 Å². The summed E-state index contributed by atoms with van der Waals surface area (Å²) in [6.45, 7) is 3.86. The lowest BCUT2D eigenvalue weighted by Crippen LogP contribution is -2.26. The predicted molar refractivity (Wildman–Crippen MR) is 43.4 cm³/mol. The summed E-state index contributed by atoms with van der Waals surface area (Å²) in [6.07, 6.45) is 4.64. The van der Waals surface area contributed by atoms with Crippen LogP contribution >= 0.6 is 0 Å². The molecule has 0 radical (unpaired) electrons. The van der Waals surface area contributed by atoms with E-state index in [-0.39, 0.29) is 12.2 Å². The normalized spacial score (nSPS) is 26.6. The van der Waals surface area contributed by atoms with E-state index in [2.05, 4.69) is 5.92 Å². The van der Waals surface area contributed by atoms with E-state index in [0.717, 1.165) is 0 Å². The van der Waals surface area contributed by atoms with Gasteiger partial charge in [0.1, 0.15) is 6.10 Å². The first-order chi connectivity index (χ1) is 5.55. The van der Waals surface area contributed by atoms with Crippen molar-refractivity contribution in [2.75, 3.05) is 6.61 Å². The van der Waals surface area contributed by atoms with Gasteiger partial charge in [-0.25, -0.2) is 0 Å². The first-order valence-corrected chi connectivity index (χ1v) is 3.83. The number of carbonyl (C=O) groups is 1. The summed E-state index contributed by atoms with van der Waals surface area (Å²) < 4.78 is 10.5. The van der Waals surface area contributed by atoms with Crippen molar-refractivity contribution in [2.24, 2.45) is 0 Å². The van der Waals surface area contributed by atoms with Crippen molar-refractivity contribution in [1.82, 2.24) is 0 Å². The van der Waals surface area contributed by atoms with Crippen molar-refractivity contribution in [1.29, 1.82) is 0 Å². The van der Waals surface area contributed by atoms with Crippen molar-refractivity contribution in [2.45, 2.75) is 32.2 Å². The summed E-state index contributed by atoms with van der Waals surface area (Å²) in [6, 6.07) is 0. The Hall–Kier alpha value is -0.850. The molecule has 0 amide bonds. The van der Waals surface area contributed by atoms with Crippen LogP contribution in [0.3, 0.4) is 0 Å². The lowest BCUT2D eigenvalue weighted by atomic mass is 10.2. The van der Waals surface area contributed by atoms with E-state index >= 15 is 0 Å². The maximum absolute atomic E-state index is 11.2. The number of ketones is 1. The molecule has 1 heterocycles. The van der Waals surface area contributed by atoms with Gasteiger partial charge in [0, 0.05) is 0 Å². The topological polar surface area (TPSA) is 35.5 Å². The third-order valence-corrected chi connectivity index (χ3v) is 1.64. The molecule has 1 saturated heterocycles. The molecule has 1 aliphatic heterocycles. The lowest BCUT2D eigenvalue weighted by molar-refractivity contribution is -0.151. The van der Waals surface area contributed by atoms with Crippen LogP contribution in [0.4, 0.5) is 0 Å². The number of hydrogen-bond donors (Lipinski definition) is 0. The fourth-order valence-corrected chi connectivity index (χ4v) is 1.06. The molecule has 1 rings (SSSR count). The van der Waals surface area contributed by atoms with Gasteiger partial charge in [0.05, 0.1) is 13.0 Å². The van der Waals surface area contributed by atoms with E-state index in [0.29, 0.717) is 6.61 Å². The third kappa shape index (κ3) is 2.07. The highest BCUT2D eigenvalue weighted by atomic mass is 16.7. The minimum absolute atomic E-state index is 0.0805. The predicted octanol–water partition coefficient (Wildman–Crippen LogP) is 0.730. The molecule has 0 spiro atoms. The molecule has 0 N–H and O–H groups in total. The van der Waals surface area contributed by atoms with Crippen LogP contribution in [0, 0.1) is 12.3 Å². The zero-order valence-corrected chi connectivity index (χ0v) is 7.29. The highest BCUT2D eigenvalue weighted by Crippen LogP contribution is 2.23. The number of hydrogen-bond acceptors (Lipinski definition) is 3. The third-order valence-electron chi connectivity index (χ3n) is 1.64. The Morgan fingerprint density at radius 2 is 2.42 bits per heavy atom. The first-order valence-electron chi connectivity index (χ1n) is 3.83. The van der Waals surface area contributed by atoms with Crippen LogP contribution in [0.2, 0.25) is 0 Å². The largest absolute Gasteiger partial charge is 0.347 e. The van der Waals surface area contributed by atoms with Gasteiger partial charge in [-0.05, 0) is 13.8 Å². The number of terminal acetylenes is 1. The van der Waals surface area contributed by atoms with E-state index in [1.54, 1.807) is 13.8 Å². The zero-order valence-electron chi connectivity index (χ0n) is 7.29. The lowest BCUT2D eigenvalue weighted by Gasteiger charge is -2.15. The van der Waals surface area contributed by atoms with Crippen molar-refractivity contribution >= 4 is 5.78 Å². The Morgan fingerprint density at radius 3 is 2.83 bits per heavy atom. The van der Waals surface area contributed by atoms with E-state index in [1.807, 2.05) is 0 Å². The highest BCUT2D eigenvalue weighted by Gasteiger charge is 2.36. The van der Waals surface area contributed by atoms with Gasteiger partial charge in [-0.3, -0.25) is 4.79 Å². The van der Waals surface area contributed by atoms with Crippen LogP contribution in [-0.4, -0.2) is 24.3 Å². The van der Waals surface area contributed by atoms with Gasteiger partial charge < -0.3 is 9.47 Å². The van der Waals surface area contributed by atoms with Crippen LogP contribution < -0.4 is 0 Å². The Labute approximate surface area is 72.0 Å². The maximum Gasteiger partial charge on any atom is 0.175 e. The summed E-state index contributed by atoms with van der Waals surface area (Å²) in [5.74, 6) is 1.56. The first kappa shape index (κ1) is 9.24. The molecule has 0 aromatic carbocycles. The van der Waals surface area contributed by atoms with Crippen LogP contribution in [0.25, 0.3) is 0 Å². The van der Waals surface area contributed by atoms with Crippen LogP contribution in [0.1, 0.15) is 20.3 Å². The van der Waals surface area contributed by atoms with Gasteiger partial charge in [0.25, 0.3) is 0 Å². The molecule has 0 aliphatic carbocycles. The number of carbonyl (C=O) groups excluding carboxylic acids is 1. The Balaban J connectivity index is 2.48. The maximum atomic E-state index is 11.2. The Kier molecular flexibility index (Phi) is 2.51. The monoisotopic (exact) mass is 168 g/mol. The zero-order chi connectivity index (χ0) is 9.19. The molecule has 1 atom stereocenters. The summed E-state index contributed by atoms with van der Waals surface area (Å²) in [5, 5.41) is 0. The minimum atomic E-state index is -0.644. The number of Topliss-reactive ketones (excluding diaryl/α,β-unsaturated/α-hetero) is 1. The summed E-state index contributed by atoms with van der Waals surface area (Å²) in [5.41, 5.74) is 0. The molecule has 3 heteroatoms. The van der Waals surface area contributed by atoms with E-state index in [1.165, 1.54) is 0 Å². The van der Waals surface area contributed by atoms with E-state index in [9.17, 15) is 4.79 Å². The molecule has 0 bridgehead atoms. The molecular formula is C9H12O3. The second kappa shape index (κ2) is 3.26. The molecule has 66 valence electrons. The summed E-state index contributed by atoms with van der Waals surface area (Å²) >= 11 is 0. The fourth-order valence-electron chi connectivity index (χ4n) is 1.06. The van der Waals surface area contributed by atoms with Crippen LogP contribution in [0.5, 0.6) is 0 Å². The molecule has 0 unspecified atom stereocenters. The quantitative estimate of drug-likeness (QED) is 0.570. The number of rotatable bonds is 2. The van der Waals surface area contributed by atoms with E-state index < -0.39 is 11.9 Å². The van der Waals surface area contributed by atoms with Crippen molar-refractivity contribution < 1.29 is 14.3 Å². The Bertz CT molecular complexity index is 224. The molecule has 1 fully saturated rings. The van der Waals surface area contributed by atoms with Crippen molar-refractivity contribution in [3.05, 3.63) is 0 Å². The summed E-state index contributed by atoms with van der Waals surface area (Å²) in [4.78, 5) is 11.2. The molecule has 1 aliphatic rings. The smallest absolute Gasteiger partial charge is 0.175 e. The molecule has 3 nitrogen and oxygen atoms in total. The van der Waals surface area contributed by atoms with Gasteiger partial charge in [-0.1, -0.05) is 5.92 Å². The van der Waals surface area contributed by atoms with Gasteiger partial charge in [-0.2, -0.15) is 0 Å². The molecule has 0 saturated carbocycles. The van der Waals surface area contributed by atoms with Gasteiger partial charge in [0.15, 0.2) is 11.6 Å². The van der Waals surface area contributed by atoms with Crippen molar-refractivity contribution in [3.8, 4) is 12.3 Å². The molecule has 12 heavy (non-hydrogen) atoms.